The van der Waals surface area contributed by atoms with Crippen LogP contribution in [0.4, 0.5) is 0 Å². The number of amides is 2. The van der Waals surface area contributed by atoms with E-state index in [0.717, 1.165) is 37.9 Å². The molecule has 1 aromatic carbocycles. The van der Waals surface area contributed by atoms with Crippen molar-refractivity contribution in [2.75, 3.05) is 26.7 Å². The van der Waals surface area contributed by atoms with E-state index < -0.39 is 5.91 Å². The molecule has 4 N–H and O–H groups in total. The summed E-state index contributed by atoms with van der Waals surface area (Å²) in [4.78, 5) is 29.9. The predicted octanol–water partition coefficient (Wildman–Crippen LogP) is 2.01. The maximum atomic E-state index is 12.8. The summed E-state index contributed by atoms with van der Waals surface area (Å²) in [5.74, 6) is 1.35. The van der Waals surface area contributed by atoms with Gasteiger partial charge in [0.2, 0.25) is 5.91 Å². The predicted molar refractivity (Wildman–Crippen MR) is 131 cm³/mol. The van der Waals surface area contributed by atoms with Crippen LogP contribution in [0.15, 0.2) is 29.3 Å². The summed E-state index contributed by atoms with van der Waals surface area (Å²) in [6.07, 6.45) is 6.62. The zero-order valence-corrected chi connectivity index (χ0v) is 20.5. The number of hydrogen-bond acceptors (Lipinski definition) is 4. The van der Waals surface area contributed by atoms with E-state index in [9.17, 15) is 9.59 Å². The van der Waals surface area contributed by atoms with Crippen molar-refractivity contribution in [3.8, 4) is 5.75 Å². The molecule has 0 radical (unpaired) electrons. The number of nitrogens with two attached hydrogens (primary N) is 1. The van der Waals surface area contributed by atoms with E-state index in [1.807, 2.05) is 23.1 Å². The van der Waals surface area contributed by atoms with E-state index in [-0.39, 0.29) is 42.5 Å². The van der Waals surface area contributed by atoms with Crippen molar-refractivity contribution in [2.24, 2.45) is 16.6 Å². The molecule has 0 bridgehead atoms. The molecule has 1 atom stereocenters. The summed E-state index contributed by atoms with van der Waals surface area (Å²) >= 11 is 0. The lowest BCUT2D eigenvalue weighted by atomic mass is 9.88. The Labute approximate surface area is 201 Å². The number of carbonyl (C=O) groups excluding carboxylic acids is 2. The van der Waals surface area contributed by atoms with Gasteiger partial charge in [-0.25, -0.2) is 0 Å². The summed E-state index contributed by atoms with van der Waals surface area (Å²) in [7, 11) is 1.74. The number of ether oxygens (including phenoxy) is 1. The van der Waals surface area contributed by atoms with Crippen LogP contribution in [0.5, 0.6) is 5.75 Å². The number of nitrogens with zero attached hydrogens (tertiary/aromatic N) is 2. The molecule has 8 nitrogen and oxygen atoms in total. The third kappa shape index (κ3) is 7.86. The first kappa shape index (κ1) is 25.2. The molecule has 2 aliphatic rings. The molecule has 3 rings (SSSR count). The number of halogens is 1. The number of rotatable bonds is 7. The lowest BCUT2D eigenvalue weighted by Crippen LogP contribution is -2.45. The SMILES string of the molecule is CN=C(NCc1cccc(OCC(N)=O)c1)NC1CCN(C(=O)C2CCCCC2)C1.I. The average molecular weight is 543 g/mol. The Morgan fingerprint density at radius 2 is 2.00 bits per heavy atom. The lowest BCUT2D eigenvalue weighted by molar-refractivity contribution is -0.135. The van der Waals surface area contributed by atoms with E-state index in [4.69, 9.17) is 10.5 Å². The van der Waals surface area contributed by atoms with Gasteiger partial charge in [0.25, 0.3) is 5.91 Å². The molecule has 2 fully saturated rings. The summed E-state index contributed by atoms with van der Waals surface area (Å²) in [5.41, 5.74) is 6.12. The van der Waals surface area contributed by atoms with Gasteiger partial charge in [0, 0.05) is 38.6 Å². The Bertz CT molecular complexity index is 767. The highest BCUT2D eigenvalue weighted by Crippen LogP contribution is 2.26. The summed E-state index contributed by atoms with van der Waals surface area (Å²) in [5, 5.41) is 6.73. The number of likely N-dealkylation sites (tertiary alicyclic amines) is 1. The third-order valence-corrected chi connectivity index (χ3v) is 5.76. The number of aliphatic imine (C=N–C) groups is 1. The fourth-order valence-corrected chi connectivity index (χ4v) is 4.16. The van der Waals surface area contributed by atoms with Gasteiger partial charge in [0.15, 0.2) is 12.6 Å². The summed E-state index contributed by atoms with van der Waals surface area (Å²) in [6, 6.07) is 7.69. The van der Waals surface area contributed by atoms with E-state index in [2.05, 4.69) is 15.6 Å². The Kier molecular flexibility index (Phi) is 10.4. The first-order chi connectivity index (χ1) is 14.5. The largest absolute Gasteiger partial charge is 0.484 e. The highest BCUT2D eigenvalue weighted by Gasteiger charge is 2.31. The monoisotopic (exact) mass is 543 g/mol. The number of primary amides is 1. The minimum atomic E-state index is -0.504. The van der Waals surface area contributed by atoms with Crippen LogP contribution in [-0.4, -0.2) is 55.5 Å². The smallest absolute Gasteiger partial charge is 0.255 e. The Morgan fingerprint density at radius 3 is 2.71 bits per heavy atom. The number of carbonyl (C=O) groups is 2. The number of nitrogens with one attached hydrogen (secondary N) is 2. The number of hydrogen-bond donors (Lipinski definition) is 3. The van der Waals surface area contributed by atoms with E-state index >= 15 is 0 Å². The molecule has 31 heavy (non-hydrogen) atoms. The van der Waals surface area contributed by atoms with Crippen LogP contribution in [0.2, 0.25) is 0 Å². The maximum Gasteiger partial charge on any atom is 0.255 e. The lowest BCUT2D eigenvalue weighted by Gasteiger charge is -2.26. The van der Waals surface area contributed by atoms with Crippen LogP contribution in [0, 0.1) is 5.92 Å². The van der Waals surface area contributed by atoms with Crippen LogP contribution in [-0.2, 0) is 16.1 Å². The number of guanidine groups is 1. The first-order valence-electron chi connectivity index (χ1n) is 10.8. The van der Waals surface area contributed by atoms with Crippen LogP contribution in [0.25, 0.3) is 0 Å². The van der Waals surface area contributed by atoms with Crippen molar-refractivity contribution >= 4 is 41.8 Å². The standard InChI is InChI=1S/C22H33N5O3.HI/c1-24-22(25-13-16-6-5-9-19(12-16)30-15-20(23)28)26-18-10-11-27(14-18)21(29)17-7-3-2-4-8-17;/h5-6,9,12,17-18H,2-4,7-8,10-11,13-15H2,1H3,(H2,23,28)(H2,24,25,26);1H. The summed E-state index contributed by atoms with van der Waals surface area (Å²) < 4.78 is 5.35. The molecule has 1 unspecified atom stereocenters. The fraction of sp³-hybridized carbons (Fsp3) is 0.591. The molecule has 1 aliphatic heterocycles. The normalized spacial score (nSPS) is 19.5. The van der Waals surface area contributed by atoms with Gasteiger partial charge in [-0.05, 0) is 37.0 Å². The second-order valence-electron chi connectivity index (χ2n) is 8.08. The molecular weight excluding hydrogens is 509 g/mol. The third-order valence-electron chi connectivity index (χ3n) is 5.76. The molecule has 2 amide bonds. The molecule has 1 heterocycles. The van der Waals surface area contributed by atoms with Crippen molar-refractivity contribution in [3.63, 3.8) is 0 Å². The highest BCUT2D eigenvalue weighted by atomic mass is 127. The average Bonchev–Trinajstić information content (AvgIpc) is 3.24. The maximum absolute atomic E-state index is 12.8. The second-order valence-corrected chi connectivity index (χ2v) is 8.08. The van der Waals surface area contributed by atoms with Gasteiger partial charge in [-0.15, -0.1) is 24.0 Å². The Morgan fingerprint density at radius 1 is 1.23 bits per heavy atom. The van der Waals surface area contributed by atoms with Crippen molar-refractivity contribution in [1.29, 1.82) is 0 Å². The molecular formula is C22H34IN5O3. The first-order valence-corrected chi connectivity index (χ1v) is 10.8. The minimum Gasteiger partial charge on any atom is -0.484 e. The van der Waals surface area contributed by atoms with E-state index in [1.54, 1.807) is 13.1 Å². The molecule has 0 aromatic heterocycles. The van der Waals surface area contributed by atoms with Crippen LogP contribution < -0.4 is 21.1 Å². The van der Waals surface area contributed by atoms with Crippen LogP contribution in [0.1, 0.15) is 44.1 Å². The summed E-state index contributed by atoms with van der Waals surface area (Å²) in [6.45, 7) is 1.96. The van der Waals surface area contributed by atoms with Gasteiger partial charge in [-0.2, -0.15) is 0 Å². The zero-order chi connectivity index (χ0) is 21.3. The van der Waals surface area contributed by atoms with Crippen molar-refractivity contribution < 1.29 is 14.3 Å². The van der Waals surface area contributed by atoms with E-state index in [1.165, 1.54) is 19.3 Å². The van der Waals surface area contributed by atoms with Gasteiger partial charge >= 0.3 is 0 Å². The Balaban J connectivity index is 0.00000341. The fourth-order valence-electron chi connectivity index (χ4n) is 4.16. The van der Waals surface area contributed by atoms with Gasteiger partial charge in [0.05, 0.1) is 0 Å². The quantitative estimate of drug-likeness (QED) is 0.277. The topological polar surface area (TPSA) is 109 Å². The van der Waals surface area contributed by atoms with Crippen molar-refractivity contribution in [1.82, 2.24) is 15.5 Å². The van der Waals surface area contributed by atoms with Crippen molar-refractivity contribution in [3.05, 3.63) is 29.8 Å². The molecule has 1 saturated carbocycles. The molecule has 1 aromatic rings. The van der Waals surface area contributed by atoms with Gasteiger partial charge in [0.1, 0.15) is 5.75 Å². The van der Waals surface area contributed by atoms with Crippen LogP contribution >= 0.6 is 24.0 Å². The molecule has 1 saturated heterocycles. The number of benzene rings is 1. The van der Waals surface area contributed by atoms with Gasteiger partial charge in [-0.3, -0.25) is 14.6 Å². The zero-order valence-electron chi connectivity index (χ0n) is 18.1. The van der Waals surface area contributed by atoms with Crippen molar-refractivity contribution in [2.45, 2.75) is 51.1 Å². The van der Waals surface area contributed by atoms with Gasteiger partial charge < -0.3 is 26.0 Å². The minimum absolute atomic E-state index is 0. The van der Waals surface area contributed by atoms with E-state index in [0.29, 0.717) is 24.2 Å². The van der Waals surface area contributed by atoms with Crippen LogP contribution in [0.3, 0.4) is 0 Å². The van der Waals surface area contributed by atoms with Gasteiger partial charge in [-0.1, -0.05) is 31.4 Å². The molecule has 172 valence electrons. The second kappa shape index (κ2) is 12.7. The Hall–Kier alpha value is -2.04. The molecule has 1 aliphatic carbocycles. The molecule has 0 spiro atoms. The molecule has 9 heteroatoms. The highest BCUT2D eigenvalue weighted by molar-refractivity contribution is 14.0.